The maximum Gasteiger partial charge on any atom is 1.00 e. The molecule has 80 valence electrons. The standard InChI is InChI=1S/C11H9N3O2.Na/c15-11(14-16)6-5-8-7-12-9-3-1-2-4-10(9)13-8;/h1-7H,(H2,12,13,14,15,16);/q;+1/p-1. The van der Waals surface area contributed by atoms with Crippen LogP contribution < -0.4 is 29.6 Å². The van der Waals surface area contributed by atoms with Gasteiger partial charge < -0.3 is 15.5 Å². The van der Waals surface area contributed by atoms with Crippen LogP contribution in [-0.2, 0) is 4.79 Å². The Balaban J connectivity index is 0.00000144. The Morgan fingerprint density at radius 1 is 1.29 bits per heavy atom. The molecule has 1 amide bonds. The average Bonchev–Trinajstić information content (AvgIpc) is 2.35. The first-order valence-corrected chi connectivity index (χ1v) is 4.58. The molecule has 6 heteroatoms. The first kappa shape index (κ1) is 13.8. The Hall–Kier alpha value is -1.27. The molecule has 0 aliphatic heterocycles. The molecule has 0 fully saturated rings. The van der Waals surface area contributed by atoms with Gasteiger partial charge in [-0.15, -0.1) is 0 Å². The van der Waals surface area contributed by atoms with Crippen LogP contribution in [0.4, 0.5) is 0 Å². The van der Waals surface area contributed by atoms with Gasteiger partial charge in [-0.1, -0.05) is 12.1 Å². The largest absolute Gasteiger partial charge is 1.00 e. The molecule has 17 heavy (non-hydrogen) atoms. The van der Waals surface area contributed by atoms with Crippen LogP contribution in [0.3, 0.4) is 0 Å². The van der Waals surface area contributed by atoms with E-state index in [0.29, 0.717) is 5.69 Å². The summed E-state index contributed by atoms with van der Waals surface area (Å²) in [5.74, 6) is -0.727. The van der Waals surface area contributed by atoms with Gasteiger partial charge in [-0.3, -0.25) is 4.98 Å². The van der Waals surface area contributed by atoms with Gasteiger partial charge in [-0.2, -0.15) is 0 Å². The third-order valence-corrected chi connectivity index (χ3v) is 1.96. The molecule has 0 atom stereocenters. The molecule has 1 aromatic heterocycles. The zero-order chi connectivity index (χ0) is 11.4. The van der Waals surface area contributed by atoms with Crippen molar-refractivity contribution in [3.05, 3.63) is 47.7 Å². The Bertz CT molecular complexity index is 557. The number of para-hydroxylation sites is 2. The minimum absolute atomic E-state index is 0. The number of hydrogen-bond acceptors (Lipinski definition) is 4. The molecule has 0 saturated carbocycles. The summed E-state index contributed by atoms with van der Waals surface area (Å²) < 4.78 is 0. The number of rotatable bonds is 2. The van der Waals surface area contributed by atoms with E-state index in [0.717, 1.165) is 17.1 Å². The molecule has 0 unspecified atom stereocenters. The quantitative estimate of drug-likeness (QED) is 0.312. The van der Waals surface area contributed by atoms with Crippen LogP contribution in [0.2, 0.25) is 0 Å². The normalized spacial score (nSPS) is 10.2. The number of aromatic nitrogens is 2. The molecule has 0 saturated heterocycles. The summed E-state index contributed by atoms with van der Waals surface area (Å²) in [7, 11) is 0. The van der Waals surface area contributed by atoms with Crippen molar-refractivity contribution < 1.29 is 39.6 Å². The number of hydroxylamine groups is 1. The van der Waals surface area contributed by atoms with Gasteiger partial charge in [-0.25, -0.2) is 4.98 Å². The van der Waals surface area contributed by atoms with Crippen LogP contribution in [0.1, 0.15) is 5.69 Å². The van der Waals surface area contributed by atoms with Crippen LogP contribution in [0.15, 0.2) is 36.5 Å². The van der Waals surface area contributed by atoms with Gasteiger partial charge >= 0.3 is 29.6 Å². The minimum Gasteiger partial charge on any atom is -0.531 e. The van der Waals surface area contributed by atoms with Gasteiger partial charge in [0.2, 0.25) is 0 Å². The molecule has 1 aromatic carbocycles. The van der Waals surface area contributed by atoms with Crippen molar-refractivity contribution in [3.8, 4) is 0 Å². The average molecular weight is 237 g/mol. The summed E-state index contributed by atoms with van der Waals surface area (Å²) in [6.07, 6.45) is 4.11. The van der Waals surface area contributed by atoms with E-state index >= 15 is 0 Å². The van der Waals surface area contributed by atoms with Crippen molar-refractivity contribution in [1.82, 2.24) is 9.97 Å². The molecule has 2 rings (SSSR count). The molecule has 1 N–H and O–H groups in total. The van der Waals surface area contributed by atoms with Gasteiger partial charge in [0.15, 0.2) is 0 Å². The molecular weight excluding hydrogens is 229 g/mol. The summed E-state index contributed by atoms with van der Waals surface area (Å²) in [5, 5.41) is 8.17. The minimum atomic E-state index is -0.727. The Morgan fingerprint density at radius 2 is 2.00 bits per heavy atom. The maximum atomic E-state index is 10.7. The van der Waals surface area contributed by atoms with Gasteiger partial charge in [0.25, 0.3) is 0 Å². The van der Waals surface area contributed by atoms with Crippen LogP contribution in [0.5, 0.6) is 0 Å². The third kappa shape index (κ3) is 3.61. The van der Waals surface area contributed by atoms with Crippen LogP contribution in [-0.4, -0.2) is 21.1 Å². The first-order chi connectivity index (χ1) is 7.79. The maximum absolute atomic E-state index is 10.7. The number of carbonyl (C=O) groups is 1. The predicted molar refractivity (Wildman–Crippen MR) is 58.7 cm³/mol. The SMILES string of the molecule is O=C(/C=C/c1cnc2ccccc2n1)[N-]O.[Na+]. The predicted octanol–water partition coefficient (Wildman–Crippen LogP) is -1.06. The second-order valence-corrected chi connectivity index (χ2v) is 3.06. The van der Waals surface area contributed by atoms with Crippen molar-refractivity contribution >= 4 is 23.0 Å². The van der Waals surface area contributed by atoms with E-state index < -0.39 is 5.91 Å². The second kappa shape index (κ2) is 6.46. The van der Waals surface area contributed by atoms with Crippen molar-refractivity contribution in [3.63, 3.8) is 0 Å². The van der Waals surface area contributed by atoms with Gasteiger partial charge in [0.1, 0.15) is 0 Å². The number of benzene rings is 1. The molecular formula is C11H8N3NaO2. The second-order valence-electron chi connectivity index (χ2n) is 3.06. The summed E-state index contributed by atoms with van der Waals surface area (Å²) in [6, 6.07) is 7.42. The molecule has 0 spiro atoms. The van der Waals surface area contributed by atoms with Gasteiger partial charge in [0, 0.05) is 0 Å². The summed E-state index contributed by atoms with van der Waals surface area (Å²) >= 11 is 0. The molecule has 0 aliphatic rings. The van der Waals surface area contributed by atoms with E-state index in [1.165, 1.54) is 6.08 Å². The number of fused-ring (bicyclic) bond motifs is 1. The van der Waals surface area contributed by atoms with Crippen molar-refractivity contribution in [2.24, 2.45) is 0 Å². The molecule has 2 aromatic rings. The van der Waals surface area contributed by atoms with Crippen LogP contribution in [0, 0.1) is 0 Å². The van der Waals surface area contributed by atoms with Crippen molar-refractivity contribution in [2.45, 2.75) is 0 Å². The topological polar surface area (TPSA) is 77.2 Å². The molecule has 5 nitrogen and oxygen atoms in total. The Kier molecular flexibility index (Phi) is 5.24. The van der Waals surface area contributed by atoms with E-state index in [1.54, 1.807) is 6.20 Å². The number of carbonyl (C=O) groups excluding carboxylic acids is 1. The van der Waals surface area contributed by atoms with E-state index in [9.17, 15) is 4.79 Å². The van der Waals surface area contributed by atoms with E-state index in [1.807, 2.05) is 24.3 Å². The smallest absolute Gasteiger partial charge is 0.531 e. The molecule has 1 heterocycles. The summed E-state index contributed by atoms with van der Waals surface area (Å²) in [5.41, 5.74) is 4.57. The summed E-state index contributed by atoms with van der Waals surface area (Å²) in [4.78, 5) is 19.1. The van der Waals surface area contributed by atoms with Crippen LogP contribution in [0.25, 0.3) is 22.6 Å². The number of hydrogen-bond donors (Lipinski definition) is 1. The number of nitrogens with zero attached hydrogens (tertiary/aromatic N) is 3. The van der Waals surface area contributed by atoms with E-state index in [2.05, 4.69) is 15.4 Å². The van der Waals surface area contributed by atoms with E-state index in [4.69, 9.17) is 5.21 Å². The fraction of sp³-hybridized carbons (Fsp3) is 0. The fourth-order valence-electron chi connectivity index (χ4n) is 1.24. The van der Waals surface area contributed by atoms with Crippen molar-refractivity contribution in [2.75, 3.05) is 0 Å². The zero-order valence-electron chi connectivity index (χ0n) is 9.24. The molecule has 0 bridgehead atoms. The Morgan fingerprint density at radius 3 is 2.71 bits per heavy atom. The fourth-order valence-corrected chi connectivity index (χ4v) is 1.24. The Labute approximate surface area is 120 Å². The van der Waals surface area contributed by atoms with Gasteiger partial charge in [0.05, 0.1) is 28.8 Å². The van der Waals surface area contributed by atoms with Crippen LogP contribution >= 0.6 is 0 Å². The first-order valence-electron chi connectivity index (χ1n) is 4.58. The zero-order valence-corrected chi connectivity index (χ0v) is 11.2. The van der Waals surface area contributed by atoms with Gasteiger partial charge in [-0.05, 0) is 24.3 Å². The van der Waals surface area contributed by atoms with E-state index in [-0.39, 0.29) is 29.6 Å². The molecule has 0 radical (unpaired) electrons. The summed E-state index contributed by atoms with van der Waals surface area (Å²) in [6.45, 7) is 0. The van der Waals surface area contributed by atoms with Crippen molar-refractivity contribution in [1.29, 1.82) is 0 Å². The molecule has 0 aliphatic carbocycles. The number of amides is 1. The third-order valence-electron chi connectivity index (χ3n) is 1.96. The monoisotopic (exact) mass is 237 g/mol.